The Morgan fingerprint density at radius 3 is 2.74 bits per heavy atom. The van der Waals surface area contributed by atoms with E-state index in [0.717, 1.165) is 35.3 Å². The van der Waals surface area contributed by atoms with Gasteiger partial charge in [0.2, 0.25) is 5.88 Å². The van der Waals surface area contributed by atoms with E-state index in [0.29, 0.717) is 11.5 Å². The number of aromatic nitrogens is 1. The summed E-state index contributed by atoms with van der Waals surface area (Å²) in [6.07, 6.45) is 6.84. The van der Waals surface area contributed by atoms with Crippen molar-refractivity contribution in [2.75, 3.05) is 7.05 Å². The van der Waals surface area contributed by atoms with E-state index in [1.807, 2.05) is 7.05 Å². The second kappa shape index (κ2) is 6.23. The van der Waals surface area contributed by atoms with Crippen LogP contribution in [0.15, 0.2) is 16.7 Å². The summed E-state index contributed by atoms with van der Waals surface area (Å²) in [6, 6.07) is 2.07. The first kappa shape index (κ1) is 14.8. The maximum Gasteiger partial charge on any atom is 0.218 e. The van der Waals surface area contributed by atoms with Gasteiger partial charge in [-0.3, -0.25) is 0 Å². The van der Waals surface area contributed by atoms with Crippen LogP contribution in [0.25, 0.3) is 0 Å². The third-order valence-corrected chi connectivity index (χ3v) is 4.26. The van der Waals surface area contributed by atoms with Gasteiger partial charge in [0, 0.05) is 22.8 Å². The van der Waals surface area contributed by atoms with Crippen LogP contribution in [0.3, 0.4) is 0 Å². The van der Waals surface area contributed by atoms with Crippen LogP contribution in [-0.4, -0.2) is 18.1 Å². The van der Waals surface area contributed by atoms with Crippen molar-refractivity contribution in [2.45, 2.75) is 52.2 Å². The van der Waals surface area contributed by atoms with Crippen molar-refractivity contribution < 1.29 is 4.74 Å². The molecule has 1 aromatic heterocycles. The van der Waals surface area contributed by atoms with Crippen LogP contribution in [0.5, 0.6) is 5.88 Å². The zero-order chi connectivity index (χ0) is 13.9. The first-order valence-electron chi connectivity index (χ1n) is 6.96. The van der Waals surface area contributed by atoms with Gasteiger partial charge in [0.05, 0.1) is 0 Å². The summed E-state index contributed by atoms with van der Waals surface area (Å²) < 4.78 is 7.11. The van der Waals surface area contributed by atoms with Gasteiger partial charge in [-0.1, -0.05) is 13.8 Å². The SMILES string of the molecule is CNCc1cc(Br)cnc1OC1CCC(C)(C)CC1. The molecule has 0 bridgehead atoms. The normalized spacial score (nSPS) is 19.4. The van der Waals surface area contributed by atoms with Gasteiger partial charge in [-0.25, -0.2) is 4.98 Å². The third kappa shape index (κ3) is 4.18. The van der Waals surface area contributed by atoms with Crippen molar-refractivity contribution in [3.63, 3.8) is 0 Å². The van der Waals surface area contributed by atoms with Crippen LogP contribution >= 0.6 is 15.9 Å². The zero-order valence-electron chi connectivity index (χ0n) is 12.0. The summed E-state index contributed by atoms with van der Waals surface area (Å²) in [5.74, 6) is 0.780. The number of hydrogen-bond donors (Lipinski definition) is 1. The second-order valence-electron chi connectivity index (χ2n) is 6.13. The Labute approximate surface area is 124 Å². The first-order chi connectivity index (χ1) is 9.00. The van der Waals surface area contributed by atoms with E-state index in [9.17, 15) is 0 Å². The largest absolute Gasteiger partial charge is 0.474 e. The minimum atomic E-state index is 0.317. The van der Waals surface area contributed by atoms with Gasteiger partial charge >= 0.3 is 0 Å². The fourth-order valence-corrected chi connectivity index (χ4v) is 2.92. The van der Waals surface area contributed by atoms with Gasteiger partial charge in [-0.15, -0.1) is 0 Å². The van der Waals surface area contributed by atoms with E-state index < -0.39 is 0 Å². The van der Waals surface area contributed by atoms with Gasteiger partial charge in [0.15, 0.2) is 0 Å². The highest BCUT2D eigenvalue weighted by molar-refractivity contribution is 9.10. The highest BCUT2D eigenvalue weighted by Gasteiger charge is 2.28. The molecule has 1 heterocycles. The van der Waals surface area contributed by atoms with Gasteiger partial charge in [-0.2, -0.15) is 0 Å². The van der Waals surface area contributed by atoms with E-state index >= 15 is 0 Å². The molecule has 2 rings (SSSR count). The van der Waals surface area contributed by atoms with E-state index in [2.05, 4.69) is 46.1 Å². The number of halogens is 1. The number of hydrogen-bond acceptors (Lipinski definition) is 3. The molecule has 0 amide bonds. The molecule has 106 valence electrons. The lowest BCUT2D eigenvalue weighted by Crippen LogP contribution is -2.29. The van der Waals surface area contributed by atoms with E-state index in [1.54, 1.807) is 6.20 Å². The van der Waals surface area contributed by atoms with Crippen LogP contribution < -0.4 is 10.1 Å². The molecule has 0 saturated heterocycles. The first-order valence-corrected chi connectivity index (χ1v) is 7.75. The molecule has 1 aliphatic rings. The van der Waals surface area contributed by atoms with Crippen molar-refractivity contribution in [1.29, 1.82) is 0 Å². The van der Waals surface area contributed by atoms with Gasteiger partial charge < -0.3 is 10.1 Å². The van der Waals surface area contributed by atoms with Crippen molar-refractivity contribution in [3.8, 4) is 5.88 Å². The molecule has 1 aromatic rings. The van der Waals surface area contributed by atoms with Crippen molar-refractivity contribution >= 4 is 15.9 Å². The predicted octanol–water partition coefficient (Wildman–Crippen LogP) is 3.91. The Kier molecular flexibility index (Phi) is 4.85. The molecule has 0 unspecified atom stereocenters. The van der Waals surface area contributed by atoms with Crippen molar-refractivity contribution in [1.82, 2.24) is 10.3 Å². The van der Waals surface area contributed by atoms with Crippen LogP contribution in [0.4, 0.5) is 0 Å². The molecular weight excluding hydrogens is 304 g/mol. The fraction of sp³-hybridized carbons (Fsp3) is 0.667. The average molecular weight is 327 g/mol. The average Bonchev–Trinajstić information content (AvgIpc) is 2.35. The van der Waals surface area contributed by atoms with Gasteiger partial charge in [0.25, 0.3) is 0 Å². The monoisotopic (exact) mass is 326 g/mol. The third-order valence-electron chi connectivity index (χ3n) is 3.82. The maximum absolute atomic E-state index is 6.12. The summed E-state index contributed by atoms with van der Waals surface area (Å²) in [4.78, 5) is 4.42. The Morgan fingerprint density at radius 2 is 2.11 bits per heavy atom. The Bertz CT molecular complexity index is 424. The van der Waals surface area contributed by atoms with Crippen LogP contribution in [0.2, 0.25) is 0 Å². The lowest BCUT2D eigenvalue weighted by Gasteiger charge is -2.34. The summed E-state index contributed by atoms with van der Waals surface area (Å²) in [5.41, 5.74) is 1.59. The number of nitrogens with one attached hydrogen (secondary N) is 1. The number of ether oxygens (including phenoxy) is 1. The molecule has 0 atom stereocenters. The Balaban J connectivity index is 2.03. The smallest absolute Gasteiger partial charge is 0.218 e. The summed E-state index contributed by atoms with van der Waals surface area (Å²) in [5, 5.41) is 3.16. The highest BCUT2D eigenvalue weighted by atomic mass is 79.9. The zero-order valence-corrected chi connectivity index (χ0v) is 13.6. The fourth-order valence-electron chi connectivity index (χ4n) is 2.54. The molecule has 1 N–H and O–H groups in total. The van der Waals surface area contributed by atoms with Gasteiger partial charge in [-0.05, 0) is 60.1 Å². The van der Waals surface area contributed by atoms with Gasteiger partial charge in [0.1, 0.15) is 6.10 Å². The summed E-state index contributed by atoms with van der Waals surface area (Å²) in [7, 11) is 1.94. The summed E-state index contributed by atoms with van der Waals surface area (Å²) >= 11 is 3.46. The van der Waals surface area contributed by atoms with E-state index in [4.69, 9.17) is 4.74 Å². The van der Waals surface area contributed by atoms with Crippen molar-refractivity contribution in [3.05, 3.63) is 22.3 Å². The predicted molar refractivity (Wildman–Crippen MR) is 81.4 cm³/mol. The molecule has 1 saturated carbocycles. The van der Waals surface area contributed by atoms with Crippen LogP contribution in [0, 0.1) is 5.41 Å². The molecule has 1 aliphatic carbocycles. The van der Waals surface area contributed by atoms with E-state index in [-0.39, 0.29) is 0 Å². The maximum atomic E-state index is 6.12. The number of rotatable bonds is 4. The van der Waals surface area contributed by atoms with E-state index in [1.165, 1.54) is 12.8 Å². The highest BCUT2D eigenvalue weighted by Crippen LogP contribution is 2.36. The molecule has 0 spiro atoms. The molecule has 19 heavy (non-hydrogen) atoms. The number of pyridine rings is 1. The van der Waals surface area contributed by atoms with Crippen LogP contribution in [-0.2, 0) is 6.54 Å². The van der Waals surface area contributed by atoms with Crippen molar-refractivity contribution in [2.24, 2.45) is 5.41 Å². The molecule has 1 fully saturated rings. The molecule has 0 aliphatic heterocycles. The number of nitrogens with zero attached hydrogens (tertiary/aromatic N) is 1. The topological polar surface area (TPSA) is 34.2 Å². The standard InChI is InChI=1S/C15H23BrN2O/c1-15(2)6-4-13(5-7-15)19-14-11(9-17-3)8-12(16)10-18-14/h8,10,13,17H,4-7,9H2,1-3H3. The molecular formula is C15H23BrN2O. The lowest BCUT2D eigenvalue weighted by atomic mass is 9.76. The molecule has 3 nitrogen and oxygen atoms in total. The minimum Gasteiger partial charge on any atom is -0.474 e. The second-order valence-corrected chi connectivity index (χ2v) is 7.05. The molecule has 0 aromatic carbocycles. The lowest BCUT2D eigenvalue weighted by molar-refractivity contribution is 0.0939. The summed E-state index contributed by atoms with van der Waals surface area (Å²) in [6.45, 7) is 5.46. The van der Waals surface area contributed by atoms with Crippen LogP contribution in [0.1, 0.15) is 45.1 Å². The Hall–Kier alpha value is -0.610. The quantitative estimate of drug-likeness (QED) is 0.910. The minimum absolute atomic E-state index is 0.317. The molecule has 4 heteroatoms. The molecule has 0 radical (unpaired) electrons. The Morgan fingerprint density at radius 1 is 1.42 bits per heavy atom.